The molecular weight excluding hydrogens is 232 g/mol. The molecule has 1 N–H and O–H groups in total. The van der Waals surface area contributed by atoms with Crippen molar-refractivity contribution < 1.29 is 0 Å². The third kappa shape index (κ3) is 3.52. The van der Waals surface area contributed by atoms with Gasteiger partial charge in [0, 0.05) is 18.6 Å². The summed E-state index contributed by atoms with van der Waals surface area (Å²) in [4.78, 5) is 2.83. The van der Waals surface area contributed by atoms with Crippen LogP contribution >= 0.6 is 0 Å². The summed E-state index contributed by atoms with van der Waals surface area (Å²) in [5.74, 6) is 2.68. The SMILES string of the molecule is CCC(C)C1CN(C2CCC(CC)C2C)CCCN1. The summed E-state index contributed by atoms with van der Waals surface area (Å²) in [5.41, 5.74) is 0. The Labute approximate surface area is 120 Å². The molecule has 0 spiro atoms. The Kier molecular flexibility index (Phi) is 5.70. The Morgan fingerprint density at radius 3 is 2.68 bits per heavy atom. The topological polar surface area (TPSA) is 15.3 Å². The molecule has 0 amide bonds. The molecule has 0 bridgehead atoms. The van der Waals surface area contributed by atoms with Gasteiger partial charge in [0.15, 0.2) is 0 Å². The van der Waals surface area contributed by atoms with Gasteiger partial charge in [0.25, 0.3) is 0 Å². The predicted octanol–water partition coefficient (Wildman–Crippen LogP) is 3.52. The number of nitrogens with one attached hydrogen (secondary N) is 1. The average molecular weight is 266 g/mol. The van der Waals surface area contributed by atoms with Gasteiger partial charge < -0.3 is 5.32 Å². The Bertz CT molecular complexity index is 266. The quantitative estimate of drug-likeness (QED) is 0.837. The highest BCUT2D eigenvalue weighted by atomic mass is 15.2. The van der Waals surface area contributed by atoms with E-state index >= 15 is 0 Å². The first-order valence-electron chi connectivity index (χ1n) is 8.64. The van der Waals surface area contributed by atoms with Crippen molar-refractivity contribution in [3.05, 3.63) is 0 Å². The molecule has 5 unspecified atom stereocenters. The summed E-state index contributed by atoms with van der Waals surface area (Å²) in [5, 5.41) is 3.78. The van der Waals surface area contributed by atoms with E-state index in [0.717, 1.165) is 23.8 Å². The monoisotopic (exact) mass is 266 g/mol. The van der Waals surface area contributed by atoms with E-state index in [9.17, 15) is 0 Å². The van der Waals surface area contributed by atoms with Crippen LogP contribution in [0.3, 0.4) is 0 Å². The van der Waals surface area contributed by atoms with E-state index in [0.29, 0.717) is 6.04 Å². The van der Waals surface area contributed by atoms with Crippen LogP contribution in [0, 0.1) is 17.8 Å². The Morgan fingerprint density at radius 2 is 2.05 bits per heavy atom. The van der Waals surface area contributed by atoms with Crippen molar-refractivity contribution in [3.8, 4) is 0 Å². The lowest BCUT2D eigenvalue weighted by Gasteiger charge is -2.35. The molecule has 1 aliphatic carbocycles. The van der Waals surface area contributed by atoms with Crippen molar-refractivity contribution in [2.24, 2.45) is 17.8 Å². The van der Waals surface area contributed by atoms with Crippen molar-refractivity contribution in [3.63, 3.8) is 0 Å². The fourth-order valence-electron chi connectivity index (χ4n) is 4.26. The molecule has 112 valence electrons. The fourth-order valence-corrected chi connectivity index (χ4v) is 4.26. The molecule has 1 saturated heterocycles. The van der Waals surface area contributed by atoms with Crippen LogP contribution in [0.5, 0.6) is 0 Å². The maximum atomic E-state index is 3.78. The van der Waals surface area contributed by atoms with Crippen LogP contribution in [0.25, 0.3) is 0 Å². The van der Waals surface area contributed by atoms with Crippen LogP contribution < -0.4 is 5.32 Å². The van der Waals surface area contributed by atoms with E-state index < -0.39 is 0 Å². The minimum absolute atomic E-state index is 0.709. The smallest absolute Gasteiger partial charge is 0.0220 e. The molecule has 1 saturated carbocycles. The number of nitrogens with zero attached hydrogens (tertiary/aromatic N) is 1. The molecule has 2 heteroatoms. The lowest BCUT2D eigenvalue weighted by molar-refractivity contribution is 0.140. The minimum atomic E-state index is 0.709. The zero-order chi connectivity index (χ0) is 13.8. The summed E-state index contributed by atoms with van der Waals surface area (Å²) >= 11 is 0. The van der Waals surface area contributed by atoms with Crippen LogP contribution in [-0.4, -0.2) is 36.6 Å². The lowest BCUT2D eigenvalue weighted by Crippen LogP contribution is -2.46. The molecule has 0 aromatic carbocycles. The van der Waals surface area contributed by atoms with E-state index in [1.54, 1.807) is 0 Å². The third-order valence-electron chi connectivity index (χ3n) is 5.97. The van der Waals surface area contributed by atoms with Gasteiger partial charge in [0.05, 0.1) is 0 Å². The predicted molar refractivity (Wildman–Crippen MR) is 83.4 cm³/mol. The van der Waals surface area contributed by atoms with Crippen molar-refractivity contribution in [1.29, 1.82) is 0 Å². The fraction of sp³-hybridized carbons (Fsp3) is 1.00. The summed E-state index contributed by atoms with van der Waals surface area (Å²) in [6.45, 7) is 13.4. The summed E-state index contributed by atoms with van der Waals surface area (Å²) in [7, 11) is 0. The van der Waals surface area contributed by atoms with E-state index in [2.05, 4.69) is 37.9 Å². The second-order valence-corrected chi connectivity index (χ2v) is 6.97. The summed E-state index contributed by atoms with van der Waals surface area (Å²) in [6, 6.07) is 1.57. The molecule has 2 nitrogen and oxygen atoms in total. The zero-order valence-electron chi connectivity index (χ0n) is 13.5. The van der Waals surface area contributed by atoms with Gasteiger partial charge in [-0.2, -0.15) is 0 Å². The maximum absolute atomic E-state index is 3.78. The van der Waals surface area contributed by atoms with Gasteiger partial charge >= 0.3 is 0 Å². The first-order valence-corrected chi connectivity index (χ1v) is 8.64. The van der Waals surface area contributed by atoms with Crippen LogP contribution in [0.2, 0.25) is 0 Å². The zero-order valence-corrected chi connectivity index (χ0v) is 13.5. The first kappa shape index (κ1) is 15.3. The lowest BCUT2D eigenvalue weighted by atomic mass is 9.92. The highest BCUT2D eigenvalue weighted by Crippen LogP contribution is 2.37. The van der Waals surface area contributed by atoms with Gasteiger partial charge in [0.2, 0.25) is 0 Å². The second kappa shape index (κ2) is 7.08. The van der Waals surface area contributed by atoms with Crippen molar-refractivity contribution in [2.45, 2.75) is 71.9 Å². The first-order chi connectivity index (χ1) is 9.17. The van der Waals surface area contributed by atoms with E-state index in [4.69, 9.17) is 0 Å². The summed E-state index contributed by atoms with van der Waals surface area (Å²) < 4.78 is 0. The highest BCUT2D eigenvalue weighted by Gasteiger charge is 2.36. The molecule has 0 aromatic rings. The van der Waals surface area contributed by atoms with Crippen LogP contribution in [0.4, 0.5) is 0 Å². The molecule has 2 aliphatic rings. The Balaban J connectivity index is 1.98. The van der Waals surface area contributed by atoms with Gasteiger partial charge in [-0.05, 0) is 50.1 Å². The summed E-state index contributed by atoms with van der Waals surface area (Å²) in [6.07, 6.45) is 6.89. The molecule has 1 aliphatic heterocycles. The molecule has 1 heterocycles. The number of hydrogen-bond acceptors (Lipinski definition) is 2. The molecule has 2 fully saturated rings. The van der Waals surface area contributed by atoms with E-state index in [1.165, 1.54) is 51.7 Å². The largest absolute Gasteiger partial charge is 0.312 e. The highest BCUT2D eigenvalue weighted by molar-refractivity contribution is 4.91. The molecule has 5 atom stereocenters. The third-order valence-corrected chi connectivity index (χ3v) is 5.97. The Morgan fingerprint density at radius 1 is 1.26 bits per heavy atom. The standard InChI is InChI=1S/C17H34N2/c1-5-13(3)16-12-19(11-7-10-18-16)17-9-8-15(6-2)14(17)4/h13-18H,5-12H2,1-4H3. The van der Waals surface area contributed by atoms with Crippen LogP contribution in [0.15, 0.2) is 0 Å². The normalized spacial score (nSPS) is 39.2. The van der Waals surface area contributed by atoms with E-state index in [1.807, 2.05) is 0 Å². The molecule has 0 radical (unpaired) electrons. The molecule has 2 rings (SSSR count). The minimum Gasteiger partial charge on any atom is -0.312 e. The maximum Gasteiger partial charge on any atom is 0.0220 e. The van der Waals surface area contributed by atoms with Gasteiger partial charge in [-0.25, -0.2) is 0 Å². The molecular formula is C17H34N2. The number of hydrogen-bond donors (Lipinski definition) is 1. The average Bonchev–Trinajstić information content (AvgIpc) is 2.65. The van der Waals surface area contributed by atoms with Crippen LogP contribution in [-0.2, 0) is 0 Å². The van der Waals surface area contributed by atoms with Crippen molar-refractivity contribution >= 4 is 0 Å². The van der Waals surface area contributed by atoms with Gasteiger partial charge in [-0.3, -0.25) is 4.90 Å². The van der Waals surface area contributed by atoms with Crippen molar-refractivity contribution in [1.82, 2.24) is 10.2 Å². The van der Waals surface area contributed by atoms with Gasteiger partial charge in [-0.1, -0.05) is 40.5 Å². The van der Waals surface area contributed by atoms with Gasteiger partial charge in [-0.15, -0.1) is 0 Å². The number of rotatable bonds is 4. The van der Waals surface area contributed by atoms with Gasteiger partial charge in [0.1, 0.15) is 0 Å². The molecule has 19 heavy (non-hydrogen) atoms. The Hall–Kier alpha value is -0.0800. The van der Waals surface area contributed by atoms with Crippen molar-refractivity contribution in [2.75, 3.05) is 19.6 Å². The molecule has 0 aromatic heterocycles. The van der Waals surface area contributed by atoms with Crippen LogP contribution in [0.1, 0.15) is 59.8 Å². The van der Waals surface area contributed by atoms with E-state index in [-0.39, 0.29) is 0 Å². The second-order valence-electron chi connectivity index (χ2n) is 6.97.